The van der Waals surface area contributed by atoms with Crippen molar-refractivity contribution in [2.24, 2.45) is 5.92 Å². The molecule has 1 aromatic heterocycles. The van der Waals surface area contributed by atoms with E-state index in [1.54, 1.807) is 0 Å². The molecule has 3 nitrogen and oxygen atoms in total. The summed E-state index contributed by atoms with van der Waals surface area (Å²) in [6.45, 7) is 9.46. The lowest BCUT2D eigenvalue weighted by molar-refractivity contribution is 0.387. The molecule has 0 amide bonds. The summed E-state index contributed by atoms with van der Waals surface area (Å²) in [7, 11) is 0. The Kier molecular flexibility index (Phi) is 4.69. The molecular weight excluding hydrogens is 186 g/mol. The van der Waals surface area contributed by atoms with Gasteiger partial charge in [-0.05, 0) is 25.8 Å². The Morgan fingerprint density at radius 3 is 2.73 bits per heavy atom. The first-order chi connectivity index (χ1) is 7.13. The fraction of sp³-hybridized carbons (Fsp3) is 0.667. The maximum absolute atomic E-state index is 4.36. The molecule has 2 atom stereocenters. The third-order valence-electron chi connectivity index (χ3n) is 2.94. The molecule has 1 N–H and O–H groups in total. The summed E-state index contributed by atoms with van der Waals surface area (Å²) in [6, 6.07) is 2.49. The Bertz CT molecular complexity index is 299. The van der Waals surface area contributed by atoms with Crippen molar-refractivity contribution >= 4 is 0 Å². The normalized spacial score (nSPS) is 14.9. The van der Waals surface area contributed by atoms with Crippen LogP contribution in [0.5, 0.6) is 0 Å². The Labute approximate surface area is 92.3 Å². The lowest BCUT2D eigenvalue weighted by atomic mass is 10.0. The van der Waals surface area contributed by atoms with Crippen molar-refractivity contribution in [3.63, 3.8) is 0 Å². The summed E-state index contributed by atoms with van der Waals surface area (Å²) in [5.41, 5.74) is 1.07. The Balaban J connectivity index is 2.43. The number of nitrogens with one attached hydrogen (secondary N) is 1. The molecule has 1 rings (SSSR count). The number of hydrogen-bond acceptors (Lipinski definition) is 3. The highest BCUT2D eigenvalue weighted by Gasteiger charge is 2.09. The first kappa shape index (κ1) is 12.1. The minimum Gasteiger partial charge on any atom is -0.308 e. The molecule has 0 aromatic carbocycles. The highest BCUT2D eigenvalue weighted by atomic mass is 14.9. The largest absolute Gasteiger partial charge is 0.308 e. The van der Waals surface area contributed by atoms with Gasteiger partial charge in [0.2, 0.25) is 0 Å². The van der Waals surface area contributed by atoms with Gasteiger partial charge < -0.3 is 5.32 Å². The van der Waals surface area contributed by atoms with Crippen LogP contribution < -0.4 is 5.32 Å². The number of aryl methyl sites for hydroxylation is 1. The first-order valence-corrected chi connectivity index (χ1v) is 5.65. The summed E-state index contributed by atoms with van der Waals surface area (Å²) >= 11 is 0. The SMILES string of the molecule is CCC(C)C(C)NCc1ccnc(C)n1. The third-order valence-corrected chi connectivity index (χ3v) is 2.94. The van der Waals surface area contributed by atoms with E-state index in [-0.39, 0.29) is 0 Å². The van der Waals surface area contributed by atoms with Crippen molar-refractivity contribution in [2.45, 2.75) is 46.7 Å². The molecule has 0 radical (unpaired) electrons. The second kappa shape index (κ2) is 5.81. The molecule has 0 spiro atoms. The topological polar surface area (TPSA) is 37.8 Å². The van der Waals surface area contributed by atoms with E-state index in [0.717, 1.165) is 18.1 Å². The lowest BCUT2D eigenvalue weighted by Crippen LogP contribution is -2.31. The van der Waals surface area contributed by atoms with Gasteiger partial charge in [0.05, 0.1) is 5.69 Å². The monoisotopic (exact) mass is 207 g/mol. The molecule has 0 fully saturated rings. The van der Waals surface area contributed by atoms with Crippen LogP contribution in [0, 0.1) is 12.8 Å². The van der Waals surface area contributed by atoms with Gasteiger partial charge in [-0.3, -0.25) is 0 Å². The number of rotatable bonds is 5. The Morgan fingerprint density at radius 2 is 2.13 bits per heavy atom. The molecule has 15 heavy (non-hydrogen) atoms. The molecule has 84 valence electrons. The highest BCUT2D eigenvalue weighted by Crippen LogP contribution is 2.07. The van der Waals surface area contributed by atoms with Gasteiger partial charge in [-0.2, -0.15) is 0 Å². The van der Waals surface area contributed by atoms with Crippen LogP contribution in [-0.4, -0.2) is 16.0 Å². The van der Waals surface area contributed by atoms with Gasteiger partial charge in [0, 0.05) is 18.8 Å². The molecule has 0 aliphatic carbocycles. The molecule has 0 saturated carbocycles. The molecule has 0 aliphatic rings. The molecular formula is C12H21N3. The third kappa shape index (κ3) is 3.96. The number of hydrogen-bond donors (Lipinski definition) is 1. The Hall–Kier alpha value is -0.960. The predicted octanol–water partition coefficient (Wildman–Crippen LogP) is 2.31. The van der Waals surface area contributed by atoms with Crippen LogP contribution in [0.25, 0.3) is 0 Å². The summed E-state index contributed by atoms with van der Waals surface area (Å²) in [6.07, 6.45) is 3.02. The lowest BCUT2D eigenvalue weighted by Gasteiger charge is -2.19. The van der Waals surface area contributed by atoms with Crippen LogP contribution in [0.15, 0.2) is 12.3 Å². The van der Waals surface area contributed by atoms with Gasteiger partial charge in [0.1, 0.15) is 5.82 Å². The van der Waals surface area contributed by atoms with E-state index in [2.05, 4.69) is 36.1 Å². The molecule has 0 bridgehead atoms. The van der Waals surface area contributed by atoms with E-state index in [9.17, 15) is 0 Å². The average Bonchev–Trinajstić information content (AvgIpc) is 2.25. The molecule has 3 heteroatoms. The molecule has 1 heterocycles. The maximum atomic E-state index is 4.36. The van der Waals surface area contributed by atoms with Crippen molar-refractivity contribution < 1.29 is 0 Å². The van der Waals surface area contributed by atoms with E-state index < -0.39 is 0 Å². The number of nitrogens with zero attached hydrogens (tertiary/aromatic N) is 2. The van der Waals surface area contributed by atoms with Gasteiger partial charge in [-0.25, -0.2) is 9.97 Å². The molecule has 2 unspecified atom stereocenters. The van der Waals surface area contributed by atoms with Crippen LogP contribution in [0.2, 0.25) is 0 Å². The minimum atomic E-state index is 0.533. The van der Waals surface area contributed by atoms with E-state index in [1.165, 1.54) is 6.42 Å². The van der Waals surface area contributed by atoms with Gasteiger partial charge in [-0.15, -0.1) is 0 Å². The highest BCUT2D eigenvalue weighted by molar-refractivity contribution is 5.01. The van der Waals surface area contributed by atoms with E-state index >= 15 is 0 Å². The van der Waals surface area contributed by atoms with Crippen molar-refractivity contribution in [1.82, 2.24) is 15.3 Å². The summed E-state index contributed by atoms with van der Waals surface area (Å²) in [4.78, 5) is 8.44. The van der Waals surface area contributed by atoms with Gasteiger partial charge in [-0.1, -0.05) is 20.3 Å². The summed E-state index contributed by atoms with van der Waals surface area (Å²) in [5.74, 6) is 1.54. The molecule has 0 aliphatic heterocycles. The van der Waals surface area contributed by atoms with Crippen LogP contribution in [0.1, 0.15) is 38.7 Å². The zero-order valence-electron chi connectivity index (χ0n) is 10.1. The fourth-order valence-corrected chi connectivity index (χ4v) is 1.42. The second-order valence-electron chi connectivity index (χ2n) is 4.15. The van der Waals surface area contributed by atoms with E-state index in [4.69, 9.17) is 0 Å². The second-order valence-corrected chi connectivity index (χ2v) is 4.15. The number of aromatic nitrogens is 2. The van der Waals surface area contributed by atoms with Crippen LogP contribution in [-0.2, 0) is 6.54 Å². The zero-order chi connectivity index (χ0) is 11.3. The van der Waals surface area contributed by atoms with Crippen molar-refractivity contribution in [1.29, 1.82) is 0 Å². The quantitative estimate of drug-likeness (QED) is 0.805. The summed E-state index contributed by atoms with van der Waals surface area (Å²) < 4.78 is 0. The van der Waals surface area contributed by atoms with Gasteiger partial charge in [0.15, 0.2) is 0 Å². The first-order valence-electron chi connectivity index (χ1n) is 5.65. The fourth-order valence-electron chi connectivity index (χ4n) is 1.42. The molecule has 1 aromatic rings. The van der Waals surface area contributed by atoms with Crippen LogP contribution >= 0.6 is 0 Å². The van der Waals surface area contributed by atoms with E-state index in [0.29, 0.717) is 12.0 Å². The summed E-state index contributed by atoms with van der Waals surface area (Å²) in [5, 5.41) is 3.49. The van der Waals surface area contributed by atoms with Crippen molar-refractivity contribution in [3.8, 4) is 0 Å². The van der Waals surface area contributed by atoms with E-state index in [1.807, 2.05) is 19.2 Å². The van der Waals surface area contributed by atoms with Crippen LogP contribution in [0.3, 0.4) is 0 Å². The van der Waals surface area contributed by atoms with Gasteiger partial charge in [0.25, 0.3) is 0 Å². The van der Waals surface area contributed by atoms with Gasteiger partial charge >= 0.3 is 0 Å². The van der Waals surface area contributed by atoms with Crippen molar-refractivity contribution in [2.75, 3.05) is 0 Å². The van der Waals surface area contributed by atoms with Crippen molar-refractivity contribution in [3.05, 3.63) is 23.8 Å². The average molecular weight is 207 g/mol. The zero-order valence-corrected chi connectivity index (χ0v) is 10.1. The predicted molar refractivity (Wildman–Crippen MR) is 62.5 cm³/mol. The standard InChI is InChI=1S/C12H21N3/c1-5-9(2)10(3)14-8-12-6-7-13-11(4)15-12/h6-7,9-10,14H,5,8H2,1-4H3. The van der Waals surface area contributed by atoms with Crippen LogP contribution in [0.4, 0.5) is 0 Å². The minimum absolute atomic E-state index is 0.533. The molecule has 0 saturated heterocycles. The maximum Gasteiger partial charge on any atom is 0.125 e. The smallest absolute Gasteiger partial charge is 0.125 e. The Morgan fingerprint density at radius 1 is 1.40 bits per heavy atom.